The van der Waals surface area contributed by atoms with Crippen molar-refractivity contribution in [1.82, 2.24) is 5.32 Å². The minimum atomic E-state index is -0.822. The van der Waals surface area contributed by atoms with Crippen molar-refractivity contribution < 1.29 is 14.7 Å². The smallest absolute Gasteiger partial charge is 0.303 e. The quantitative estimate of drug-likeness (QED) is 0.843. The van der Waals surface area contributed by atoms with Crippen LogP contribution in [0.4, 0.5) is 0 Å². The van der Waals surface area contributed by atoms with Gasteiger partial charge >= 0.3 is 5.97 Å². The minimum absolute atomic E-state index is 0.0562. The van der Waals surface area contributed by atoms with Gasteiger partial charge in [-0.3, -0.25) is 9.59 Å². The zero-order chi connectivity index (χ0) is 16.9. The maximum Gasteiger partial charge on any atom is 0.303 e. The van der Waals surface area contributed by atoms with Gasteiger partial charge in [-0.25, -0.2) is 0 Å². The fourth-order valence-corrected chi connectivity index (χ4v) is 3.52. The highest BCUT2D eigenvalue weighted by Gasteiger charge is 2.41. The monoisotopic (exact) mass is 317 g/mol. The molecule has 0 aliphatic heterocycles. The topological polar surface area (TPSA) is 66.4 Å². The first-order valence-corrected chi connectivity index (χ1v) is 8.54. The van der Waals surface area contributed by atoms with Gasteiger partial charge in [-0.05, 0) is 38.7 Å². The lowest BCUT2D eigenvalue weighted by Gasteiger charge is -2.37. The van der Waals surface area contributed by atoms with Crippen LogP contribution in [0.15, 0.2) is 24.3 Å². The number of rotatable bonds is 6. The van der Waals surface area contributed by atoms with Gasteiger partial charge < -0.3 is 10.4 Å². The molecule has 1 aliphatic rings. The van der Waals surface area contributed by atoms with Gasteiger partial charge in [0.25, 0.3) is 0 Å². The van der Waals surface area contributed by atoms with E-state index in [1.54, 1.807) is 0 Å². The largest absolute Gasteiger partial charge is 0.481 e. The van der Waals surface area contributed by atoms with Gasteiger partial charge in [0.15, 0.2) is 0 Å². The number of carboxylic acid groups (broad SMARTS) is 1. The van der Waals surface area contributed by atoms with Crippen LogP contribution in [-0.4, -0.2) is 23.0 Å². The normalized spacial score (nSPS) is 18.2. The number of hydrogen-bond donors (Lipinski definition) is 2. The molecule has 1 atom stereocenters. The third-order valence-corrected chi connectivity index (χ3v) is 4.88. The molecule has 0 bridgehead atoms. The van der Waals surface area contributed by atoms with Crippen molar-refractivity contribution in [2.75, 3.05) is 0 Å². The zero-order valence-corrected chi connectivity index (χ0v) is 14.1. The van der Waals surface area contributed by atoms with Gasteiger partial charge in [-0.1, -0.05) is 49.1 Å². The number of nitrogens with one attached hydrogen (secondary N) is 1. The first kappa shape index (κ1) is 17.5. The van der Waals surface area contributed by atoms with E-state index in [0.29, 0.717) is 6.42 Å². The third-order valence-electron chi connectivity index (χ3n) is 4.88. The van der Waals surface area contributed by atoms with Gasteiger partial charge in [-0.2, -0.15) is 0 Å². The standard InChI is InChI=1S/C19H27NO3/c1-14-7-6-8-16(13-14)19(11-4-3-5-12-19)18(23)20-15(2)9-10-17(21)22/h6-8,13,15H,3-5,9-12H2,1-2H3,(H,20,23)(H,21,22). The van der Waals surface area contributed by atoms with E-state index in [-0.39, 0.29) is 18.4 Å². The lowest BCUT2D eigenvalue weighted by molar-refractivity contribution is -0.137. The van der Waals surface area contributed by atoms with E-state index in [2.05, 4.69) is 17.4 Å². The highest BCUT2D eigenvalue weighted by atomic mass is 16.4. The Morgan fingerprint density at radius 1 is 1.26 bits per heavy atom. The highest BCUT2D eigenvalue weighted by Crippen LogP contribution is 2.40. The Kier molecular flexibility index (Phi) is 5.80. The van der Waals surface area contributed by atoms with E-state index < -0.39 is 11.4 Å². The van der Waals surface area contributed by atoms with Crippen LogP contribution >= 0.6 is 0 Å². The summed E-state index contributed by atoms with van der Waals surface area (Å²) in [4.78, 5) is 23.7. The molecule has 1 saturated carbocycles. The molecule has 2 N–H and O–H groups in total. The van der Waals surface area contributed by atoms with Crippen molar-refractivity contribution in [3.8, 4) is 0 Å². The lowest BCUT2D eigenvalue weighted by Crippen LogP contribution is -2.48. The second-order valence-corrected chi connectivity index (χ2v) is 6.82. The second-order valence-electron chi connectivity index (χ2n) is 6.82. The first-order chi connectivity index (χ1) is 10.9. The van der Waals surface area contributed by atoms with Gasteiger partial charge in [0.2, 0.25) is 5.91 Å². The molecule has 1 aliphatic carbocycles. The first-order valence-electron chi connectivity index (χ1n) is 8.54. The van der Waals surface area contributed by atoms with Crippen molar-refractivity contribution in [2.24, 2.45) is 0 Å². The summed E-state index contributed by atoms with van der Waals surface area (Å²) in [6, 6.07) is 8.12. The summed E-state index contributed by atoms with van der Waals surface area (Å²) < 4.78 is 0. The summed E-state index contributed by atoms with van der Waals surface area (Å²) in [5.74, 6) is -0.766. The third kappa shape index (κ3) is 4.34. The number of carbonyl (C=O) groups excluding carboxylic acids is 1. The molecule has 4 nitrogen and oxygen atoms in total. The number of carboxylic acids is 1. The van der Waals surface area contributed by atoms with Gasteiger partial charge in [0, 0.05) is 12.5 Å². The molecule has 1 fully saturated rings. The van der Waals surface area contributed by atoms with Gasteiger partial charge in [0.05, 0.1) is 5.41 Å². The molecule has 1 amide bonds. The van der Waals surface area contributed by atoms with E-state index in [4.69, 9.17) is 5.11 Å². The zero-order valence-electron chi connectivity index (χ0n) is 14.1. The molecule has 0 radical (unpaired) electrons. The Balaban J connectivity index is 2.17. The van der Waals surface area contributed by atoms with Crippen LogP contribution in [0, 0.1) is 6.92 Å². The van der Waals surface area contributed by atoms with Gasteiger partial charge in [-0.15, -0.1) is 0 Å². The maximum absolute atomic E-state index is 13.0. The Labute approximate surface area is 138 Å². The molecule has 4 heteroatoms. The Hall–Kier alpha value is -1.84. The van der Waals surface area contributed by atoms with E-state index >= 15 is 0 Å². The summed E-state index contributed by atoms with van der Waals surface area (Å²) >= 11 is 0. The molecule has 2 rings (SSSR count). The number of carbonyl (C=O) groups is 2. The summed E-state index contributed by atoms with van der Waals surface area (Å²) in [5, 5.41) is 11.9. The predicted octanol–water partition coefficient (Wildman–Crippen LogP) is 3.57. The van der Waals surface area contributed by atoms with Crippen LogP contribution in [0.2, 0.25) is 0 Å². The molecule has 0 heterocycles. The van der Waals surface area contributed by atoms with Crippen LogP contribution in [0.3, 0.4) is 0 Å². The van der Waals surface area contributed by atoms with E-state index in [1.165, 1.54) is 12.0 Å². The Morgan fingerprint density at radius 3 is 2.57 bits per heavy atom. The van der Waals surface area contributed by atoms with Crippen molar-refractivity contribution in [3.05, 3.63) is 35.4 Å². The second kappa shape index (κ2) is 7.62. The fourth-order valence-electron chi connectivity index (χ4n) is 3.52. The molecule has 0 saturated heterocycles. The predicted molar refractivity (Wildman–Crippen MR) is 90.4 cm³/mol. The van der Waals surface area contributed by atoms with Crippen molar-refractivity contribution in [1.29, 1.82) is 0 Å². The van der Waals surface area contributed by atoms with Crippen molar-refractivity contribution in [3.63, 3.8) is 0 Å². The molecule has 126 valence electrons. The van der Waals surface area contributed by atoms with E-state index in [9.17, 15) is 9.59 Å². The van der Waals surface area contributed by atoms with Crippen LogP contribution in [-0.2, 0) is 15.0 Å². The SMILES string of the molecule is Cc1cccc(C2(C(=O)NC(C)CCC(=O)O)CCCCC2)c1. The Bertz CT molecular complexity index is 561. The Morgan fingerprint density at radius 2 is 1.96 bits per heavy atom. The summed E-state index contributed by atoms with van der Waals surface area (Å²) in [6.45, 7) is 3.93. The average molecular weight is 317 g/mol. The van der Waals surface area contributed by atoms with Crippen LogP contribution in [0.1, 0.15) is 63.0 Å². The van der Waals surface area contributed by atoms with Crippen LogP contribution < -0.4 is 5.32 Å². The number of amides is 1. The number of aryl methyl sites for hydroxylation is 1. The van der Waals surface area contributed by atoms with Crippen molar-refractivity contribution in [2.45, 2.75) is 70.3 Å². The summed E-state index contributed by atoms with van der Waals surface area (Å²) in [7, 11) is 0. The molecule has 0 aromatic heterocycles. The van der Waals surface area contributed by atoms with E-state index in [0.717, 1.165) is 31.2 Å². The minimum Gasteiger partial charge on any atom is -0.481 e. The molecule has 1 unspecified atom stereocenters. The molecule has 1 aromatic carbocycles. The number of aliphatic carboxylic acids is 1. The molecular weight excluding hydrogens is 290 g/mol. The molecule has 23 heavy (non-hydrogen) atoms. The molecule has 1 aromatic rings. The van der Waals surface area contributed by atoms with Crippen LogP contribution in [0.25, 0.3) is 0 Å². The van der Waals surface area contributed by atoms with Gasteiger partial charge in [0.1, 0.15) is 0 Å². The molecular formula is C19H27NO3. The number of benzene rings is 1. The average Bonchev–Trinajstić information content (AvgIpc) is 2.53. The fraction of sp³-hybridized carbons (Fsp3) is 0.579. The summed E-state index contributed by atoms with van der Waals surface area (Å²) in [5.41, 5.74) is 1.81. The summed E-state index contributed by atoms with van der Waals surface area (Å²) in [6.07, 6.45) is 5.58. The number of hydrogen-bond acceptors (Lipinski definition) is 2. The van der Waals surface area contributed by atoms with Crippen LogP contribution in [0.5, 0.6) is 0 Å². The highest BCUT2D eigenvalue weighted by molar-refractivity contribution is 5.88. The lowest BCUT2D eigenvalue weighted by atomic mass is 9.68. The van der Waals surface area contributed by atoms with E-state index in [1.807, 2.05) is 26.0 Å². The maximum atomic E-state index is 13.0. The molecule has 0 spiro atoms. The van der Waals surface area contributed by atoms with Crippen molar-refractivity contribution >= 4 is 11.9 Å².